The van der Waals surface area contributed by atoms with Crippen molar-refractivity contribution in [2.24, 2.45) is 0 Å². The van der Waals surface area contributed by atoms with Crippen LogP contribution in [0.25, 0.3) is 0 Å². The van der Waals surface area contributed by atoms with Crippen LogP contribution in [0.2, 0.25) is 5.02 Å². The molecule has 7 heteroatoms. The molecule has 0 bridgehead atoms. The second-order valence-electron chi connectivity index (χ2n) is 5.52. The number of morpholine rings is 1. The Morgan fingerprint density at radius 3 is 2.79 bits per heavy atom. The van der Waals surface area contributed by atoms with E-state index in [1.165, 1.54) is 6.08 Å². The average Bonchev–Trinajstić information content (AvgIpc) is 2.60. The number of aliphatic hydroxyl groups excluding tert-OH is 1. The SMILES string of the molecule is C=CC(=O)N1CCOCC1CC(=O)N[C@H](CO)c1ccc(Cl)cc1. The first-order valence-electron chi connectivity index (χ1n) is 7.71. The summed E-state index contributed by atoms with van der Waals surface area (Å²) in [4.78, 5) is 25.8. The van der Waals surface area contributed by atoms with Crippen LogP contribution in [0.3, 0.4) is 0 Å². The van der Waals surface area contributed by atoms with Gasteiger partial charge in [-0.05, 0) is 23.8 Å². The van der Waals surface area contributed by atoms with E-state index < -0.39 is 6.04 Å². The maximum atomic E-state index is 12.3. The molecule has 0 spiro atoms. The summed E-state index contributed by atoms with van der Waals surface area (Å²) in [6.07, 6.45) is 1.34. The van der Waals surface area contributed by atoms with Gasteiger partial charge in [-0.15, -0.1) is 0 Å². The molecule has 24 heavy (non-hydrogen) atoms. The van der Waals surface area contributed by atoms with Crippen molar-refractivity contribution >= 4 is 23.4 Å². The van der Waals surface area contributed by atoms with Crippen LogP contribution in [0.5, 0.6) is 0 Å². The van der Waals surface area contributed by atoms with Crippen molar-refractivity contribution in [3.8, 4) is 0 Å². The number of carbonyl (C=O) groups excluding carboxylic acids is 2. The minimum absolute atomic E-state index is 0.101. The number of carbonyl (C=O) groups is 2. The highest BCUT2D eigenvalue weighted by Crippen LogP contribution is 2.17. The van der Waals surface area contributed by atoms with E-state index in [4.69, 9.17) is 16.3 Å². The molecule has 0 saturated carbocycles. The molecule has 0 aliphatic carbocycles. The number of amides is 2. The molecular weight excluding hydrogens is 332 g/mol. The van der Waals surface area contributed by atoms with E-state index in [9.17, 15) is 14.7 Å². The van der Waals surface area contributed by atoms with Gasteiger partial charge in [0.2, 0.25) is 11.8 Å². The fraction of sp³-hybridized carbons (Fsp3) is 0.412. The number of rotatable bonds is 6. The first-order valence-corrected chi connectivity index (χ1v) is 8.09. The smallest absolute Gasteiger partial charge is 0.246 e. The lowest BCUT2D eigenvalue weighted by Crippen LogP contribution is -2.50. The third-order valence-corrected chi connectivity index (χ3v) is 4.15. The van der Waals surface area contributed by atoms with Gasteiger partial charge in [-0.25, -0.2) is 0 Å². The molecule has 2 N–H and O–H groups in total. The Balaban J connectivity index is 1.98. The summed E-state index contributed by atoms with van der Waals surface area (Å²) < 4.78 is 5.36. The summed E-state index contributed by atoms with van der Waals surface area (Å²) in [5.41, 5.74) is 0.758. The van der Waals surface area contributed by atoms with Crippen LogP contribution in [0.15, 0.2) is 36.9 Å². The molecule has 1 aromatic rings. The minimum Gasteiger partial charge on any atom is -0.394 e. The minimum atomic E-state index is -0.525. The second-order valence-corrected chi connectivity index (χ2v) is 5.96. The van der Waals surface area contributed by atoms with Crippen LogP contribution >= 0.6 is 11.6 Å². The zero-order chi connectivity index (χ0) is 17.5. The lowest BCUT2D eigenvalue weighted by molar-refractivity contribution is -0.137. The lowest BCUT2D eigenvalue weighted by Gasteiger charge is -2.34. The molecule has 1 unspecified atom stereocenters. The average molecular weight is 353 g/mol. The van der Waals surface area contributed by atoms with Gasteiger partial charge >= 0.3 is 0 Å². The van der Waals surface area contributed by atoms with Crippen molar-refractivity contribution in [2.45, 2.75) is 18.5 Å². The molecule has 1 aliphatic heterocycles. The number of ether oxygens (including phenoxy) is 1. The zero-order valence-electron chi connectivity index (χ0n) is 13.3. The summed E-state index contributed by atoms with van der Waals surface area (Å²) in [5, 5.41) is 12.9. The number of benzene rings is 1. The topological polar surface area (TPSA) is 78.9 Å². The first kappa shape index (κ1) is 18.4. The molecule has 1 saturated heterocycles. The third kappa shape index (κ3) is 4.80. The predicted octanol–water partition coefficient (Wildman–Crippen LogP) is 1.29. The van der Waals surface area contributed by atoms with E-state index in [1.54, 1.807) is 29.2 Å². The van der Waals surface area contributed by atoms with E-state index in [-0.39, 0.29) is 30.9 Å². The Morgan fingerprint density at radius 1 is 1.46 bits per heavy atom. The summed E-state index contributed by atoms with van der Waals surface area (Å²) >= 11 is 5.84. The van der Waals surface area contributed by atoms with E-state index >= 15 is 0 Å². The summed E-state index contributed by atoms with van der Waals surface area (Å²) in [5.74, 6) is -0.478. The molecule has 0 aromatic heterocycles. The van der Waals surface area contributed by atoms with E-state index in [1.807, 2.05) is 0 Å². The molecular formula is C17H21ClN2O4. The zero-order valence-corrected chi connectivity index (χ0v) is 14.0. The molecule has 1 aliphatic rings. The number of halogens is 1. The lowest BCUT2D eigenvalue weighted by atomic mass is 10.1. The highest BCUT2D eigenvalue weighted by atomic mass is 35.5. The summed E-state index contributed by atoms with van der Waals surface area (Å²) in [6, 6.07) is 6.04. The number of nitrogens with one attached hydrogen (secondary N) is 1. The molecule has 6 nitrogen and oxygen atoms in total. The van der Waals surface area contributed by atoms with Gasteiger partial charge in [0.25, 0.3) is 0 Å². The highest BCUT2D eigenvalue weighted by molar-refractivity contribution is 6.30. The standard InChI is InChI=1S/C17H21ClN2O4/c1-2-17(23)20-7-8-24-11-14(20)9-16(22)19-15(10-21)12-3-5-13(18)6-4-12/h2-6,14-15,21H,1,7-11H2,(H,19,22)/t14?,15-/m1/s1. The molecule has 2 rings (SSSR count). The van der Waals surface area contributed by atoms with Gasteiger partial charge in [-0.2, -0.15) is 0 Å². The van der Waals surface area contributed by atoms with E-state index in [0.29, 0.717) is 24.8 Å². The Bertz CT molecular complexity index is 591. The van der Waals surface area contributed by atoms with Gasteiger partial charge in [0.1, 0.15) is 0 Å². The van der Waals surface area contributed by atoms with Gasteiger partial charge in [0.05, 0.1) is 31.9 Å². The largest absolute Gasteiger partial charge is 0.394 e. The van der Waals surface area contributed by atoms with Crippen molar-refractivity contribution in [2.75, 3.05) is 26.4 Å². The van der Waals surface area contributed by atoms with E-state index in [0.717, 1.165) is 5.56 Å². The maximum Gasteiger partial charge on any atom is 0.246 e. The number of hydrogen-bond donors (Lipinski definition) is 2. The van der Waals surface area contributed by atoms with Crippen LogP contribution in [-0.2, 0) is 14.3 Å². The Morgan fingerprint density at radius 2 is 2.17 bits per heavy atom. The highest BCUT2D eigenvalue weighted by Gasteiger charge is 2.28. The summed E-state index contributed by atoms with van der Waals surface area (Å²) in [6.45, 7) is 4.43. The molecule has 1 fully saturated rings. The Labute approximate surface area is 146 Å². The molecule has 1 heterocycles. The molecule has 2 atom stereocenters. The van der Waals surface area contributed by atoms with Crippen molar-refractivity contribution in [3.05, 3.63) is 47.5 Å². The van der Waals surface area contributed by atoms with Crippen LogP contribution in [0, 0.1) is 0 Å². The summed E-state index contributed by atoms with van der Waals surface area (Å²) in [7, 11) is 0. The second kappa shape index (κ2) is 8.82. The van der Waals surface area contributed by atoms with Gasteiger partial charge in [-0.1, -0.05) is 30.3 Å². The van der Waals surface area contributed by atoms with E-state index in [2.05, 4.69) is 11.9 Å². The maximum absolute atomic E-state index is 12.3. The molecule has 130 valence electrons. The number of nitrogens with zero attached hydrogens (tertiary/aromatic N) is 1. The molecule has 1 aromatic carbocycles. The van der Waals surface area contributed by atoms with Gasteiger partial charge in [-0.3, -0.25) is 9.59 Å². The Kier molecular flexibility index (Phi) is 6.78. The van der Waals surface area contributed by atoms with Crippen LogP contribution in [-0.4, -0.2) is 54.2 Å². The molecule has 0 radical (unpaired) electrons. The fourth-order valence-corrected chi connectivity index (χ4v) is 2.75. The van der Waals surface area contributed by atoms with Crippen molar-refractivity contribution < 1.29 is 19.4 Å². The Hall–Kier alpha value is -1.89. The van der Waals surface area contributed by atoms with Crippen LogP contribution in [0.1, 0.15) is 18.0 Å². The van der Waals surface area contributed by atoms with Gasteiger partial charge < -0.3 is 20.1 Å². The van der Waals surface area contributed by atoms with Gasteiger partial charge in [0.15, 0.2) is 0 Å². The van der Waals surface area contributed by atoms with Crippen molar-refractivity contribution in [1.29, 1.82) is 0 Å². The quantitative estimate of drug-likeness (QED) is 0.756. The van der Waals surface area contributed by atoms with Crippen molar-refractivity contribution in [1.82, 2.24) is 10.2 Å². The fourth-order valence-electron chi connectivity index (χ4n) is 2.63. The van der Waals surface area contributed by atoms with Crippen molar-refractivity contribution in [3.63, 3.8) is 0 Å². The number of aliphatic hydroxyl groups is 1. The molecule has 2 amide bonds. The van der Waals surface area contributed by atoms with Gasteiger partial charge in [0, 0.05) is 18.0 Å². The van der Waals surface area contributed by atoms with Crippen LogP contribution in [0.4, 0.5) is 0 Å². The normalized spacial score (nSPS) is 18.8. The number of hydrogen-bond acceptors (Lipinski definition) is 4. The first-order chi connectivity index (χ1) is 11.5. The third-order valence-electron chi connectivity index (χ3n) is 3.90. The predicted molar refractivity (Wildman–Crippen MR) is 90.6 cm³/mol. The monoisotopic (exact) mass is 352 g/mol. The van der Waals surface area contributed by atoms with Crippen LogP contribution < -0.4 is 5.32 Å².